The van der Waals surface area contributed by atoms with Crippen LogP contribution in [0.3, 0.4) is 0 Å². The molecule has 2 aromatic rings. The van der Waals surface area contributed by atoms with Crippen LogP contribution < -0.4 is 5.32 Å². The predicted molar refractivity (Wildman–Crippen MR) is 116 cm³/mol. The summed E-state index contributed by atoms with van der Waals surface area (Å²) in [4.78, 5) is 30.2. The number of hydrogen-bond donors (Lipinski definition) is 2. The van der Waals surface area contributed by atoms with E-state index in [0.29, 0.717) is 24.2 Å². The molecule has 0 spiro atoms. The quantitative estimate of drug-likeness (QED) is 0.689. The van der Waals surface area contributed by atoms with Crippen molar-refractivity contribution < 1.29 is 9.59 Å². The minimum Gasteiger partial charge on any atom is -0.354 e. The fraction of sp³-hybridized carbons (Fsp3) is 0.500. The number of aromatic nitrogens is 1. The number of likely N-dealkylation sites (tertiary alicyclic amines) is 1. The zero-order valence-electron chi connectivity index (χ0n) is 18.1. The zero-order valence-corrected chi connectivity index (χ0v) is 18.1. The highest BCUT2D eigenvalue weighted by Gasteiger charge is 2.21. The van der Waals surface area contributed by atoms with E-state index < -0.39 is 0 Å². The van der Waals surface area contributed by atoms with Crippen LogP contribution in [0.25, 0.3) is 0 Å². The topological polar surface area (TPSA) is 65.2 Å². The molecule has 1 aliphatic rings. The molecule has 1 unspecified atom stereocenters. The summed E-state index contributed by atoms with van der Waals surface area (Å²) in [5.74, 6) is 0.614. The van der Waals surface area contributed by atoms with Gasteiger partial charge < -0.3 is 10.3 Å². The minimum atomic E-state index is -0.163. The van der Waals surface area contributed by atoms with Crippen molar-refractivity contribution in [2.75, 3.05) is 13.1 Å². The Balaban J connectivity index is 1.59. The first-order valence-electron chi connectivity index (χ1n) is 10.7. The van der Waals surface area contributed by atoms with Crippen LogP contribution in [-0.2, 0) is 19.5 Å². The Bertz CT molecular complexity index is 867. The molecule has 1 amide bonds. The van der Waals surface area contributed by atoms with E-state index in [1.165, 1.54) is 31.5 Å². The van der Waals surface area contributed by atoms with Gasteiger partial charge in [-0.2, -0.15) is 0 Å². The number of piperidine rings is 1. The van der Waals surface area contributed by atoms with Gasteiger partial charge in [0.15, 0.2) is 5.78 Å². The molecule has 1 aromatic heterocycles. The summed E-state index contributed by atoms with van der Waals surface area (Å²) in [5, 5.41) is 2.98. The number of H-pyrrole nitrogens is 1. The van der Waals surface area contributed by atoms with Gasteiger partial charge in [0, 0.05) is 30.9 Å². The molecule has 1 fully saturated rings. The number of aromatic amines is 1. The van der Waals surface area contributed by atoms with Gasteiger partial charge in [-0.3, -0.25) is 14.5 Å². The molecule has 1 atom stereocenters. The molecule has 1 saturated heterocycles. The number of carbonyl (C=O) groups is 2. The summed E-state index contributed by atoms with van der Waals surface area (Å²) in [6.45, 7) is 11.5. The molecule has 156 valence electrons. The van der Waals surface area contributed by atoms with Gasteiger partial charge in [-0.05, 0) is 62.3 Å². The van der Waals surface area contributed by atoms with Gasteiger partial charge in [0.2, 0.25) is 0 Å². The van der Waals surface area contributed by atoms with Crippen molar-refractivity contribution >= 4 is 11.7 Å². The third kappa shape index (κ3) is 5.15. The van der Waals surface area contributed by atoms with Crippen LogP contribution in [0.4, 0.5) is 0 Å². The van der Waals surface area contributed by atoms with E-state index >= 15 is 0 Å². The molecule has 5 heteroatoms. The number of aryl methyl sites for hydroxylation is 1. The van der Waals surface area contributed by atoms with Crippen molar-refractivity contribution in [1.29, 1.82) is 0 Å². The summed E-state index contributed by atoms with van der Waals surface area (Å²) >= 11 is 0. The molecule has 2 N–H and O–H groups in total. The van der Waals surface area contributed by atoms with Gasteiger partial charge in [0.25, 0.3) is 5.91 Å². The second-order valence-electron chi connectivity index (χ2n) is 8.37. The van der Waals surface area contributed by atoms with E-state index in [1.54, 1.807) is 6.92 Å². The molecule has 1 aliphatic heterocycles. The lowest BCUT2D eigenvalue weighted by atomic mass is 9.99. The number of nitrogens with zero attached hydrogens (tertiary/aromatic N) is 1. The molecule has 5 nitrogen and oxygen atoms in total. The lowest BCUT2D eigenvalue weighted by Gasteiger charge is -2.30. The smallest absolute Gasteiger partial charge is 0.268 e. The van der Waals surface area contributed by atoms with Crippen LogP contribution in [0.5, 0.6) is 0 Å². The first kappa shape index (κ1) is 21.3. The molecule has 3 rings (SSSR count). The van der Waals surface area contributed by atoms with Crippen LogP contribution in [0, 0.1) is 12.8 Å². The van der Waals surface area contributed by atoms with E-state index in [4.69, 9.17) is 0 Å². The molecule has 0 saturated carbocycles. The Morgan fingerprint density at radius 2 is 1.90 bits per heavy atom. The maximum Gasteiger partial charge on any atom is 0.268 e. The van der Waals surface area contributed by atoms with Crippen molar-refractivity contribution in [1.82, 2.24) is 15.2 Å². The molecule has 29 heavy (non-hydrogen) atoms. The van der Waals surface area contributed by atoms with Crippen molar-refractivity contribution in [2.24, 2.45) is 5.92 Å². The minimum absolute atomic E-state index is 0.00617. The van der Waals surface area contributed by atoms with Crippen molar-refractivity contribution in [3.05, 3.63) is 57.9 Å². The van der Waals surface area contributed by atoms with Crippen LogP contribution >= 0.6 is 0 Å². The summed E-state index contributed by atoms with van der Waals surface area (Å²) in [6, 6.07) is 8.49. The number of rotatable bonds is 7. The van der Waals surface area contributed by atoms with Gasteiger partial charge in [-0.25, -0.2) is 0 Å². The first-order chi connectivity index (χ1) is 13.9. The second kappa shape index (κ2) is 9.40. The number of hydrogen-bond acceptors (Lipinski definition) is 3. The van der Waals surface area contributed by atoms with Crippen LogP contribution in [0.1, 0.15) is 76.8 Å². The summed E-state index contributed by atoms with van der Waals surface area (Å²) in [5.41, 5.74) is 5.10. The SMILES string of the molecule is CCc1c(C(=O)NCc2ccc(CN3CCCC(C)C3)cc2)[nH]c(C)c1C(C)=O. The number of ketones is 1. The van der Waals surface area contributed by atoms with E-state index in [2.05, 4.69) is 46.4 Å². The zero-order chi connectivity index (χ0) is 21.0. The number of carbonyl (C=O) groups excluding carboxylic acids is 2. The molecule has 0 radical (unpaired) electrons. The number of benzene rings is 1. The third-order valence-corrected chi connectivity index (χ3v) is 5.85. The average Bonchev–Trinajstić information content (AvgIpc) is 3.04. The maximum absolute atomic E-state index is 12.7. The van der Waals surface area contributed by atoms with Crippen LogP contribution in [0.2, 0.25) is 0 Å². The van der Waals surface area contributed by atoms with Crippen molar-refractivity contribution in [3.8, 4) is 0 Å². The van der Waals surface area contributed by atoms with Gasteiger partial charge >= 0.3 is 0 Å². The van der Waals surface area contributed by atoms with Gasteiger partial charge in [0.1, 0.15) is 5.69 Å². The number of Topliss-reactive ketones (excluding diaryl/α,β-unsaturated/α-hetero) is 1. The lowest BCUT2D eigenvalue weighted by molar-refractivity contribution is 0.0945. The highest BCUT2D eigenvalue weighted by atomic mass is 16.2. The Morgan fingerprint density at radius 3 is 2.52 bits per heavy atom. The van der Waals surface area contributed by atoms with Gasteiger partial charge in [-0.15, -0.1) is 0 Å². The normalized spacial score (nSPS) is 17.3. The fourth-order valence-corrected chi connectivity index (χ4v) is 4.42. The molecular formula is C24H33N3O2. The highest BCUT2D eigenvalue weighted by Crippen LogP contribution is 2.21. The average molecular weight is 396 g/mol. The maximum atomic E-state index is 12.7. The van der Waals surface area contributed by atoms with E-state index in [-0.39, 0.29) is 11.7 Å². The summed E-state index contributed by atoms with van der Waals surface area (Å²) in [7, 11) is 0. The van der Waals surface area contributed by atoms with Crippen LogP contribution in [0.15, 0.2) is 24.3 Å². The monoisotopic (exact) mass is 395 g/mol. The van der Waals surface area contributed by atoms with Crippen molar-refractivity contribution in [2.45, 2.75) is 60.0 Å². The first-order valence-corrected chi connectivity index (χ1v) is 10.7. The fourth-order valence-electron chi connectivity index (χ4n) is 4.42. The number of nitrogens with one attached hydrogen (secondary N) is 2. The molecule has 0 aliphatic carbocycles. The van der Waals surface area contributed by atoms with E-state index in [0.717, 1.165) is 29.3 Å². The Hall–Kier alpha value is -2.40. The molecule has 1 aromatic carbocycles. The van der Waals surface area contributed by atoms with Crippen LogP contribution in [-0.4, -0.2) is 34.7 Å². The van der Waals surface area contributed by atoms with Gasteiger partial charge in [-0.1, -0.05) is 38.1 Å². The third-order valence-electron chi connectivity index (χ3n) is 5.85. The predicted octanol–water partition coefficient (Wildman–Crippen LogP) is 4.25. The van der Waals surface area contributed by atoms with E-state index in [1.807, 2.05) is 13.8 Å². The van der Waals surface area contributed by atoms with Crippen molar-refractivity contribution in [3.63, 3.8) is 0 Å². The Morgan fingerprint density at radius 1 is 1.21 bits per heavy atom. The highest BCUT2D eigenvalue weighted by molar-refractivity contribution is 6.02. The molecular weight excluding hydrogens is 362 g/mol. The van der Waals surface area contributed by atoms with Gasteiger partial charge in [0.05, 0.1) is 0 Å². The largest absolute Gasteiger partial charge is 0.354 e. The molecule has 0 bridgehead atoms. The lowest BCUT2D eigenvalue weighted by Crippen LogP contribution is -2.33. The Kier molecular flexibility index (Phi) is 6.91. The number of amides is 1. The summed E-state index contributed by atoms with van der Waals surface area (Å²) in [6.07, 6.45) is 3.27. The van der Waals surface area contributed by atoms with E-state index in [9.17, 15) is 9.59 Å². The standard InChI is InChI=1S/C24H33N3O2/c1-5-21-22(18(4)28)17(3)26-23(21)24(29)25-13-19-8-10-20(11-9-19)15-27-12-6-7-16(2)14-27/h8-11,16,26H,5-7,12-15H2,1-4H3,(H,25,29). The Labute approximate surface area is 173 Å². The summed E-state index contributed by atoms with van der Waals surface area (Å²) < 4.78 is 0. The molecule has 2 heterocycles. The second-order valence-corrected chi connectivity index (χ2v) is 8.37.